The second-order valence-electron chi connectivity index (χ2n) is 1.93. The van der Waals surface area contributed by atoms with Crippen molar-refractivity contribution >= 4 is 5.91 Å². The van der Waals surface area contributed by atoms with Gasteiger partial charge in [0.15, 0.2) is 0 Å². The Balaban J connectivity index is 3.01. The van der Waals surface area contributed by atoms with E-state index >= 15 is 0 Å². The lowest BCUT2D eigenvalue weighted by atomic mass is 10.3. The Labute approximate surface area is 64.0 Å². The Morgan fingerprint density at radius 1 is 1.64 bits per heavy atom. The number of methoxy groups -OCH3 is 1. The number of amides is 1. The Bertz CT molecular complexity index is 273. The van der Waals surface area contributed by atoms with Crippen LogP contribution in [0.25, 0.3) is 0 Å². The molecule has 0 unspecified atom stereocenters. The summed E-state index contributed by atoms with van der Waals surface area (Å²) < 4.78 is 4.79. The topological polar surface area (TPSA) is 65.2 Å². The maximum Gasteiger partial charge on any atom is 0.267 e. The van der Waals surface area contributed by atoms with Crippen LogP contribution in [0.4, 0.5) is 0 Å². The van der Waals surface area contributed by atoms with Gasteiger partial charge in [-0.3, -0.25) is 4.79 Å². The third-order valence-corrected chi connectivity index (χ3v) is 1.19. The molecule has 1 amide bonds. The van der Waals surface area contributed by atoms with Gasteiger partial charge in [-0.15, -0.1) is 0 Å². The quantitative estimate of drug-likeness (QED) is 0.657. The molecule has 0 spiro atoms. The highest BCUT2D eigenvalue weighted by molar-refractivity contribution is 5.90. The SMILES string of the molecule is COc1cccc(C(N)=O)n1. The van der Waals surface area contributed by atoms with Crippen LogP contribution >= 0.6 is 0 Å². The summed E-state index contributed by atoms with van der Waals surface area (Å²) >= 11 is 0. The molecule has 1 heterocycles. The van der Waals surface area contributed by atoms with Gasteiger partial charge in [-0.2, -0.15) is 0 Å². The molecule has 0 fully saturated rings. The summed E-state index contributed by atoms with van der Waals surface area (Å²) in [5, 5.41) is 0. The lowest BCUT2D eigenvalue weighted by Gasteiger charge is -1.98. The smallest absolute Gasteiger partial charge is 0.267 e. The van der Waals surface area contributed by atoms with Gasteiger partial charge in [-0.05, 0) is 6.07 Å². The van der Waals surface area contributed by atoms with Gasteiger partial charge in [0.05, 0.1) is 7.11 Å². The molecule has 0 saturated heterocycles. The summed E-state index contributed by atoms with van der Waals surface area (Å²) in [5.74, 6) is -0.162. The number of nitrogens with two attached hydrogens (primary N) is 1. The monoisotopic (exact) mass is 152 g/mol. The largest absolute Gasteiger partial charge is 0.481 e. The summed E-state index contributed by atoms with van der Waals surface area (Å²) in [5.41, 5.74) is 5.19. The van der Waals surface area contributed by atoms with Gasteiger partial charge in [0.25, 0.3) is 5.91 Å². The fourth-order valence-electron chi connectivity index (χ4n) is 0.666. The van der Waals surface area contributed by atoms with Gasteiger partial charge >= 0.3 is 0 Å². The first kappa shape index (κ1) is 7.53. The lowest BCUT2D eigenvalue weighted by Crippen LogP contribution is -2.12. The summed E-state index contributed by atoms with van der Waals surface area (Å²) in [6.45, 7) is 0. The fraction of sp³-hybridized carbons (Fsp3) is 0.143. The Morgan fingerprint density at radius 3 is 2.91 bits per heavy atom. The number of carbonyl (C=O) groups is 1. The fourth-order valence-corrected chi connectivity index (χ4v) is 0.666. The van der Waals surface area contributed by atoms with Crippen molar-refractivity contribution in [3.05, 3.63) is 23.9 Å². The Morgan fingerprint density at radius 2 is 2.36 bits per heavy atom. The summed E-state index contributed by atoms with van der Waals surface area (Å²) in [6, 6.07) is 4.84. The van der Waals surface area contributed by atoms with Crippen molar-refractivity contribution in [3.8, 4) is 5.88 Å². The van der Waals surface area contributed by atoms with E-state index < -0.39 is 5.91 Å². The Hall–Kier alpha value is -1.58. The number of carbonyl (C=O) groups excluding carboxylic acids is 1. The molecule has 0 radical (unpaired) electrons. The van der Waals surface area contributed by atoms with Gasteiger partial charge < -0.3 is 10.5 Å². The van der Waals surface area contributed by atoms with Crippen LogP contribution in [-0.4, -0.2) is 18.0 Å². The van der Waals surface area contributed by atoms with Gasteiger partial charge in [0, 0.05) is 6.07 Å². The molecule has 0 saturated carbocycles. The number of hydrogen-bond donors (Lipinski definition) is 1. The minimum Gasteiger partial charge on any atom is -0.481 e. The zero-order valence-corrected chi connectivity index (χ0v) is 6.07. The second-order valence-corrected chi connectivity index (χ2v) is 1.93. The summed E-state index contributed by atoms with van der Waals surface area (Å²) in [7, 11) is 1.48. The predicted octanol–water partition coefficient (Wildman–Crippen LogP) is 0.189. The van der Waals surface area contributed by atoms with E-state index in [1.54, 1.807) is 12.1 Å². The standard InChI is InChI=1S/C7H8N2O2/c1-11-6-4-2-3-5(9-6)7(8)10/h2-4H,1H3,(H2,8,10). The molecule has 4 heteroatoms. The zero-order valence-electron chi connectivity index (χ0n) is 6.07. The Kier molecular flexibility index (Phi) is 2.06. The first-order valence-corrected chi connectivity index (χ1v) is 3.05. The lowest BCUT2D eigenvalue weighted by molar-refractivity contribution is 0.0994. The molecule has 0 bridgehead atoms. The molecule has 2 N–H and O–H groups in total. The van der Waals surface area contributed by atoms with Gasteiger partial charge in [0.2, 0.25) is 5.88 Å². The minimum atomic E-state index is -0.552. The van der Waals surface area contributed by atoms with Crippen LogP contribution in [0.2, 0.25) is 0 Å². The van der Waals surface area contributed by atoms with Crippen LogP contribution in [0.5, 0.6) is 5.88 Å². The molecule has 0 aliphatic rings. The van der Waals surface area contributed by atoms with E-state index in [9.17, 15) is 4.79 Å². The second kappa shape index (κ2) is 3.01. The molecule has 0 atom stereocenters. The van der Waals surface area contributed by atoms with Crippen molar-refractivity contribution in [2.45, 2.75) is 0 Å². The van der Waals surface area contributed by atoms with Crippen LogP contribution in [0.1, 0.15) is 10.5 Å². The van der Waals surface area contributed by atoms with Gasteiger partial charge in [-0.25, -0.2) is 4.98 Å². The molecule has 4 nitrogen and oxygen atoms in total. The van der Waals surface area contributed by atoms with Crippen molar-refractivity contribution in [2.75, 3.05) is 7.11 Å². The summed E-state index contributed by atoms with van der Waals surface area (Å²) in [4.78, 5) is 14.4. The van der Waals surface area contributed by atoms with E-state index in [0.717, 1.165) is 0 Å². The average Bonchev–Trinajstić information content (AvgIpc) is 2.05. The molecule has 1 aromatic rings. The highest BCUT2D eigenvalue weighted by atomic mass is 16.5. The van der Waals surface area contributed by atoms with E-state index in [2.05, 4.69) is 4.98 Å². The average molecular weight is 152 g/mol. The van der Waals surface area contributed by atoms with Crippen LogP contribution in [0.3, 0.4) is 0 Å². The number of hydrogen-bond acceptors (Lipinski definition) is 3. The number of ether oxygens (including phenoxy) is 1. The number of primary amides is 1. The van der Waals surface area contributed by atoms with Crippen molar-refractivity contribution in [3.63, 3.8) is 0 Å². The van der Waals surface area contributed by atoms with Crippen molar-refractivity contribution < 1.29 is 9.53 Å². The molecular formula is C7H8N2O2. The predicted molar refractivity (Wildman–Crippen MR) is 39.3 cm³/mol. The number of rotatable bonds is 2. The van der Waals surface area contributed by atoms with Crippen molar-refractivity contribution in [1.82, 2.24) is 4.98 Å². The normalized spacial score (nSPS) is 9.18. The molecule has 11 heavy (non-hydrogen) atoms. The maximum atomic E-state index is 10.6. The van der Waals surface area contributed by atoms with Crippen LogP contribution in [-0.2, 0) is 0 Å². The number of pyridine rings is 1. The molecule has 1 aromatic heterocycles. The highest BCUT2D eigenvalue weighted by Crippen LogP contribution is 2.05. The minimum absolute atomic E-state index is 0.212. The molecule has 1 rings (SSSR count). The zero-order chi connectivity index (χ0) is 8.27. The molecule has 0 aromatic carbocycles. The first-order chi connectivity index (χ1) is 5.24. The van der Waals surface area contributed by atoms with E-state index in [4.69, 9.17) is 10.5 Å². The third kappa shape index (κ3) is 1.67. The summed E-state index contributed by atoms with van der Waals surface area (Å²) in [6.07, 6.45) is 0. The van der Waals surface area contributed by atoms with E-state index in [1.165, 1.54) is 13.2 Å². The van der Waals surface area contributed by atoms with Crippen LogP contribution in [0.15, 0.2) is 18.2 Å². The number of aromatic nitrogens is 1. The van der Waals surface area contributed by atoms with Crippen LogP contribution in [0, 0.1) is 0 Å². The maximum absolute atomic E-state index is 10.6. The third-order valence-electron chi connectivity index (χ3n) is 1.19. The van der Waals surface area contributed by atoms with Crippen molar-refractivity contribution in [2.24, 2.45) is 5.73 Å². The molecule has 0 aliphatic heterocycles. The number of nitrogens with zero attached hydrogens (tertiary/aromatic N) is 1. The van der Waals surface area contributed by atoms with Gasteiger partial charge in [0.1, 0.15) is 5.69 Å². The van der Waals surface area contributed by atoms with E-state index in [1.807, 2.05) is 0 Å². The van der Waals surface area contributed by atoms with E-state index in [0.29, 0.717) is 5.88 Å². The van der Waals surface area contributed by atoms with Crippen molar-refractivity contribution in [1.29, 1.82) is 0 Å². The van der Waals surface area contributed by atoms with Crippen LogP contribution < -0.4 is 10.5 Å². The first-order valence-electron chi connectivity index (χ1n) is 3.05. The van der Waals surface area contributed by atoms with E-state index in [-0.39, 0.29) is 5.69 Å². The highest BCUT2D eigenvalue weighted by Gasteiger charge is 2.01. The molecule has 58 valence electrons. The molecular weight excluding hydrogens is 144 g/mol. The van der Waals surface area contributed by atoms with Gasteiger partial charge in [-0.1, -0.05) is 6.07 Å². The molecule has 0 aliphatic carbocycles.